The van der Waals surface area contributed by atoms with E-state index in [9.17, 15) is 0 Å². The van der Waals surface area contributed by atoms with Crippen molar-refractivity contribution in [3.8, 4) is 0 Å². The Balaban J connectivity index is 0.00000169. The SMILES string of the molecule is CCCN=C(SCC)N1CCCC1.I. The highest BCUT2D eigenvalue weighted by Crippen LogP contribution is 2.15. The molecule has 0 aromatic heterocycles. The maximum Gasteiger partial charge on any atom is 0.159 e. The molecule has 0 unspecified atom stereocenters. The molecule has 1 aliphatic rings. The summed E-state index contributed by atoms with van der Waals surface area (Å²) < 4.78 is 0. The van der Waals surface area contributed by atoms with E-state index in [2.05, 4.69) is 23.7 Å². The van der Waals surface area contributed by atoms with Gasteiger partial charge in [0.25, 0.3) is 0 Å². The zero-order valence-electron chi connectivity index (χ0n) is 9.16. The van der Waals surface area contributed by atoms with E-state index in [1.165, 1.54) is 31.1 Å². The van der Waals surface area contributed by atoms with Crippen molar-refractivity contribution in [3.63, 3.8) is 0 Å². The molecule has 14 heavy (non-hydrogen) atoms. The third-order valence-electron chi connectivity index (χ3n) is 2.12. The zero-order chi connectivity index (χ0) is 9.52. The van der Waals surface area contributed by atoms with Gasteiger partial charge >= 0.3 is 0 Å². The predicted molar refractivity (Wildman–Crippen MR) is 76.9 cm³/mol. The summed E-state index contributed by atoms with van der Waals surface area (Å²) >= 11 is 1.89. The number of thioether (sulfide) groups is 1. The van der Waals surface area contributed by atoms with Crippen molar-refractivity contribution in [2.24, 2.45) is 4.99 Å². The normalized spacial score (nSPS) is 17.0. The summed E-state index contributed by atoms with van der Waals surface area (Å²) in [5, 5.41) is 1.28. The first-order chi connectivity index (χ1) is 6.38. The number of amidine groups is 1. The number of likely N-dealkylation sites (tertiary alicyclic amines) is 1. The molecule has 2 nitrogen and oxygen atoms in total. The van der Waals surface area contributed by atoms with E-state index >= 15 is 0 Å². The van der Waals surface area contributed by atoms with Crippen LogP contribution in [0.15, 0.2) is 4.99 Å². The minimum Gasteiger partial charge on any atom is -0.351 e. The number of aliphatic imine (C=N–C) groups is 1. The molecule has 0 aliphatic carbocycles. The molecule has 0 aromatic rings. The number of nitrogens with zero attached hydrogens (tertiary/aromatic N) is 2. The van der Waals surface area contributed by atoms with Crippen LogP contribution in [0.4, 0.5) is 0 Å². The van der Waals surface area contributed by atoms with E-state index in [0.29, 0.717) is 0 Å². The quantitative estimate of drug-likeness (QED) is 0.449. The van der Waals surface area contributed by atoms with Gasteiger partial charge in [-0.15, -0.1) is 24.0 Å². The van der Waals surface area contributed by atoms with Crippen LogP contribution in [-0.4, -0.2) is 35.5 Å². The first-order valence-corrected chi connectivity index (χ1v) is 6.29. The van der Waals surface area contributed by atoms with Crippen molar-refractivity contribution in [2.75, 3.05) is 25.4 Å². The van der Waals surface area contributed by atoms with Crippen LogP contribution in [0.1, 0.15) is 33.1 Å². The number of halogens is 1. The molecular formula is C10H21IN2S. The Morgan fingerprint density at radius 2 is 1.93 bits per heavy atom. The molecule has 1 aliphatic heterocycles. The fourth-order valence-electron chi connectivity index (χ4n) is 1.48. The molecule has 0 bridgehead atoms. The monoisotopic (exact) mass is 328 g/mol. The molecule has 1 heterocycles. The Kier molecular flexibility index (Phi) is 9.17. The van der Waals surface area contributed by atoms with E-state index in [4.69, 9.17) is 0 Å². The van der Waals surface area contributed by atoms with E-state index in [-0.39, 0.29) is 24.0 Å². The lowest BCUT2D eigenvalue weighted by atomic mass is 10.4. The number of rotatable bonds is 3. The van der Waals surface area contributed by atoms with E-state index in [1.54, 1.807) is 0 Å². The lowest BCUT2D eigenvalue weighted by Gasteiger charge is -2.18. The van der Waals surface area contributed by atoms with E-state index in [0.717, 1.165) is 18.7 Å². The third-order valence-corrected chi connectivity index (χ3v) is 3.05. The Morgan fingerprint density at radius 1 is 1.29 bits per heavy atom. The molecule has 0 amide bonds. The number of hydrogen-bond donors (Lipinski definition) is 0. The second-order valence-corrected chi connectivity index (χ2v) is 4.52. The lowest BCUT2D eigenvalue weighted by Crippen LogP contribution is -2.25. The van der Waals surface area contributed by atoms with E-state index < -0.39 is 0 Å². The third kappa shape index (κ3) is 4.87. The van der Waals surface area contributed by atoms with Crippen LogP contribution in [0.25, 0.3) is 0 Å². The smallest absolute Gasteiger partial charge is 0.159 e. The molecule has 0 atom stereocenters. The van der Waals surface area contributed by atoms with Gasteiger partial charge in [0.05, 0.1) is 0 Å². The largest absolute Gasteiger partial charge is 0.351 e. The van der Waals surface area contributed by atoms with Gasteiger partial charge in [0.2, 0.25) is 0 Å². The summed E-state index contributed by atoms with van der Waals surface area (Å²) in [6.07, 6.45) is 3.84. The topological polar surface area (TPSA) is 15.6 Å². The fraction of sp³-hybridized carbons (Fsp3) is 0.900. The van der Waals surface area contributed by atoms with Gasteiger partial charge in [0.1, 0.15) is 0 Å². The Labute approximate surface area is 109 Å². The van der Waals surface area contributed by atoms with Crippen LogP contribution in [0.5, 0.6) is 0 Å². The van der Waals surface area contributed by atoms with Crippen LogP contribution in [-0.2, 0) is 0 Å². The Morgan fingerprint density at radius 3 is 2.43 bits per heavy atom. The van der Waals surface area contributed by atoms with Gasteiger partial charge < -0.3 is 4.90 Å². The van der Waals surface area contributed by atoms with Crippen LogP contribution < -0.4 is 0 Å². The Bertz CT molecular complexity index is 168. The van der Waals surface area contributed by atoms with Gasteiger partial charge in [0, 0.05) is 19.6 Å². The summed E-state index contributed by atoms with van der Waals surface area (Å²) in [6.45, 7) is 7.80. The lowest BCUT2D eigenvalue weighted by molar-refractivity contribution is 0.527. The molecule has 1 fully saturated rings. The average molecular weight is 328 g/mol. The number of hydrogen-bond acceptors (Lipinski definition) is 2. The maximum absolute atomic E-state index is 4.62. The maximum atomic E-state index is 4.62. The molecule has 1 saturated heterocycles. The minimum absolute atomic E-state index is 0. The van der Waals surface area contributed by atoms with Gasteiger partial charge in [-0.25, -0.2) is 0 Å². The molecule has 0 radical (unpaired) electrons. The Hall–Kier alpha value is 0.550. The highest BCUT2D eigenvalue weighted by atomic mass is 127. The van der Waals surface area contributed by atoms with Crippen molar-refractivity contribution < 1.29 is 0 Å². The fourth-order valence-corrected chi connectivity index (χ4v) is 2.29. The van der Waals surface area contributed by atoms with Crippen LogP contribution >= 0.6 is 35.7 Å². The molecule has 1 rings (SSSR count). The highest BCUT2D eigenvalue weighted by Gasteiger charge is 2.15. The van der Waals surface area contributed by atoms with Gasteiger partial charge in [-0.3, -0.25) is 4.99 Å². The molecule has 0 aromatic carbocycles. The van der Waals surface area contributed by atoms with Gasteiger partial charge in [-0.2, -0.15) is 0 Å². The summed E-state index contributed by atoms with van der Waals surface area (Å²) in [5.74, 6) is 1.14. The van der Waals surface area contributed by atoms with Crippen LogP contribution in [0.2, 0.25) is 0 Å². The van der Waals surface area contributed by atoms with Crippen molar-refractivity contribution in [2.45, 2.75) is 33.1 Å². The van der Waals surface area contributed by atoms with Crippen LogP contribution in [0, 0.1) is 0 Å². The van der Waals surface area contributed by atoms with Gasteiger partial charge in [0.15, 0.2) is 5.17 Å². The second kappa shape index (κ2) is 8.83. The minimum atomic E-state index is 0. The molecule has 0 N–H and O–H groups in total. The zero-order valence-corrected chi connectivity index (χ0v) is 12.3. The summed E-state index contributed by atoms with van der Waals surface area (Å²) in [5.41, 5.74) is 0. The predicted octanol–water partition coefficient (Wildman–Crippen LogP) is 3.22. The molecule has 0 spiro atoms. The summed E-state index contributed by atoms with van der Waals surface area (Å²) in [7, 11) is 0. The van der Waals surface area contributed by atoms with Gasteiger partial charge in [-0.1, -0.05) is 25.6 Å². The van der Waals surface area contributed by atoms with Crippen molar-refractivity contribution >= 4 is 40.9 Å². The molecule has 4 heteroatoms. The first-order valence-electron chi connectivity index (χ1n) is 5.30. The highest BCUT2D eigenvalue weighted by molar-refractivity contribution is 14.0. The molecule has 0 saturated carbocycles. The summed E-state index contributed by atoms with van der Waals surface area (Å²) in [6, 6.07) is 0. The van der Waals surface area contributed by atoms with E-state index in [1.807, 2.05) is 11.8 Å². The molecular weight excluding hydrogens is 307 g/mol. The second-order valence-electron chi connectivity index (χ2n) is 3.29. The average Bonchev–Trinajstić information content (AvgIpc) is 2.65. The van der Waals surface area contributed by atoms with Crippen molar-refractivity contribution in [3.05, 3.63) is 0 Å². The van der Waals surface area contributed by atoms with Crippen LogP contribution in [0.3, 0.4) is 0 Å². The first kappa shape index (κ1) is 14.6. The standard InChI is InChI=1S/C10H20N2S.HI/c1-3-7-11-10(13-4-2)12-8-5-6-9-12;/h3-9H2,1-2H3;1H. The summed E-state index contributed by atoms with van der Waals surface area (Å²) in [4.78, 5) is 7.05. The van der Waals surface area contributed by atoms with Gasteiger partial charge in [-0.05, 0) is 25.0 Å². The molecule has 84 valence electrons. The van der Waals surface area contributed by atoms with Crippen molar-refractivity contribution in [1.29, 1.82) is 0 Å². The van der Waals surface area contributed by atoms with Crippen molar-refractivity contribution in [1.82, 2.24) is 4.90 Å².